The number of anilines is 1. The SMILES string of the molecule is CCCn1c(S)nnc1-c1csc(N)n1. The van der Waals surface area contributed by atoms with E-state index in [2.05, 4.69) is 34.7 Å². The molecule has 0 aromatic carbocycles. The lowest BCUT2D eigenvalue weighted by Gasteiger charge is -2.03. The number of thiazole rings is 1. The van der Waals surface area contributed by atoms with Gasteiger partial charge >= 0.3 is 0 Å². The first-order valence-electron chi connectivity index (χ1n) is 4.56. The maximum atomic E-state index is 5.58. The Morgan fingerprint density at radius 2 is 2.33 bits per heavy atom. The van der Waals surface area contributed by atoms with E-state index in [1.165, 1.54) is 11.3 Å². The molecule has 0 bridgehead atoms. The number of aromatic nitrogens is 4. The first kappa shape index (κ1) is 10.4. The number of hydrogen-bond donors (Lipinski definition) is 2. The Bertz CT molecular complexity index is 461. The molecule has 0 radical (unpaired) electrons. The summed E-state index contributed by atoms with van der Waals surface area (Å²) in [5, 5.41) is 11.0. The number of thiol groups is 1. The van der Waals surface area contributed by atoms with Crippen molar-refractivity contribution in [1.82, 2.24) is 19.7 Å². The third kappa shape index (κ3) is 1.98. The number of rotatable bonds is 3. The molecule has 0 saturated heterocycles. The molecule has 5 nitrogen and oxygen atoms in total. The second kappa shape index (κ2) is 4.19. The van der Waals surface area contributed by atoms with Gasteiger partial charge in [0.2, 0.25) is 0 Å². The molecule has 2 rings (SSSR count). The molecule has 2 N–H and O–H groups in total. The van der Waals surface area contributed by atoms with Gasteiger partial charge in [-0.2, -0.15) is 0 Å². The molecule has 7 heteroatoms. The molecular weight excluding hydrogens is 230 g/mol. The van der Waals surface area contributed by atoms with E-state index in [9.17, 15) is 0 Å². The highest BCUT2D eigenvalue weighted by Gasteiger charge is 2.13. The van der Waals surface area contributed by atoms with Gasteiger partial charge in [-0.1, -0.05) is 6.92 Å². The smallest absolute Gasteiger partial charge is 0.188 e. The Morgan fingerprint density at radius 3 is 2.93 bits per heavy atom. The van der Waals surface area contributed by atoms with E-state index in [0.717, 1.165) is 24.5 Å². The molecule has 0 aliphatic heterocycles. The fourth-order valence-corrected chi connectivity index (χ4v) is 2.09. The van der Waals surface area contributed by atoms with Crippen molar-refractivity contribution in [2.75, 3.05) is 5.73 Å². The van der Waals surface area contributed by atoms with Crippen LogP contribution in [0.4, 0.5) is 5.13 Å². The van der Waals surface area contributed by atoms with Crippen molar-refractivity contribution >= 4 is 29.1 Å². The Morgan fingerprint density at radius 1 is 1.53 bits per heavy atom. The highest BCUT2D eigenvalue weighted by Crippen LogP contribution is 2.23. The van der Waals surface area contributed by atoms with Crippen molar-refractivity contribution in [2.24, 2.45) is 0 Å². The molecule has 0 fully saturated rings. The van der Waals surface area contributed by atoms with Crippen LogP contribution in [-0.2, 0) is 6.54 Å². The summed E-state index contributed by atoms with van der Waals surface area (Å²) in [6.07, 6.45) is 0.998. The summed E-state index contributed by atoms with van der Waals surface area (Å²) < 4.78 is 1.93. The average molecular weight is 241 g/mol. The van der Waals surface area contributed by atoms with Gasteiger partial charge in [0.15, 0.2) is 16.1 Å². The molecule has 0 amide bonds. The van der Waals surface area contributed by atoms with Gasteiger partial charge in [0.25, 0.3) is 0 Å². The highest BCUT2D eigenvalue weighted by atomic mass is 32.1. The van der Waals surface area contributed by atoms with Crippen LogP contribution in [0.5, 0.6) is 0 Å². The van der Waals surface area contributed by atoms with E-state index in [1.54, 1.807) is 0 Å². The lowest BCUT2D eigenvalue weighted by atomic mass is 10.4. The fraction of sp³-hybridized carbons (Fsp3) is 0.375. The first-order valence-corrected chi connectivity index (χ1v) is 5.88. The number of nitrogen functional groups attached to an aromatic ring is 1. The largest absolute Gasteiger partial charge is 0.375 e. The Balaban J connectivity index is 2.43. The number of nitrogens with two attached hydrogens (primary N) is 1. The van der Waals surface area contributed by atoms with Crippen molar-refractivity contribution in [2.45, 2.75) is 25.0 Å². The Hall–Kier alpha value is -1.08. The molecule has 0 aliphatic rings. The molecule has 0 saturated carbocycles. The summed E-state index contributed by atoms with van der Waals surface area (Å²) in [5.74, 6) is 0.731. The Labute approximate surface area is 96.8 Å². The molecule has 0 atom stereocenters. The van der Waals surface area contributed by atoms with E-state index in [0.29, 0.717) is 10.3 Å². The maximum Gasteiger partial charge on any atom is 0.188 e. The molecule has 0 aliphatic carbocycles. The zero-order valence-electron chi connectivity index (χ0n) is 8.21. The summed E-state index contributed by atoms with van der Waals surface area (Å²) in [6.45, 7) is 2.92. The highest BCUT2D eigenvalue weighted by molar-refractivity contribution is 7.80. The van der Waals surface area contributed by atoms with E-state index >= 15 is 0 Å². The topological polar surface area (TPSA) is 69.6 Å². The molecule has 0 spiro atoms. The van der Waals surface area contributed by atoms with Crippen LogP contribution in [0.15, 0.2) is 10.5 Å². The van der Waals surface area contributed by atoms with Gasteiger partial charge in [0.1, 0.15) is 5.69 Å². The van der Waals surface area contributed by atoms with E-state index in [-0.39, 0.29) is 0 Å². The van der Waals surface area contributed by atoms with Crippen molar-refractivity contribution < 1.29 is 0 Å². The van der Waals surface area contributed by atoms with Gasteiger partial charge in [-0.15, -0.1) is 34.2 Å². The number of nitrogens with zero attached hydrogens (tertiary/aromatic N) is 4. The second-order valence-corrected chi connectivity index (χ2v) is 4.34. The van der Waals surface area contributed by atoms with E-state index < -0.39 is 0 Å². The van der Waals surface area contributed by atoms with Crippen molar-refractivity contribution in [3.63, 3.8) is 0 Å². The van der Waals surface area contributed by atoms with Gasteiger partial charge in [-0.3, -0.25) is 0 Å². The quantitative estimate of drug-likeness (QED) is 0.802. The third-order valence-corrected chi connectivity index (χ3v) is 2.93. The van der Waals surface area contributed by atoms with Crippen LogP contribution in [-0.4, -0.2) is 19.7 Å². The van der Waals surface area contributed by atoms with E-state index in [1.807, 2.05) is 9.95 Å². The molecule has 2 aromatic rings. The standard InChI is InChI=1S/C8H11N5S2/c1-2-3-13-6(11-12-8(13)14)5-4-15-7(9)10-5/h4H,2-3H2,1H3,(H2,9,10)(H,12,14). The normalized spacial score (nSPS) is 10.8. The van der Waals surface area contributed by atoms with Crippen molar-refractivity contribution in [1.29, 1.82) is 0 Å². The molecule has 2 heterocycles. The summed E-state index contributed by atoms with van der Waals surface area (Å²) in [5.41, 5.74) is 6.34. The third-order valence-electron chi connectivity index (χ3n) is 1.93. The molecule has 2 aromatic heterocycles. The lowest BCUT2D eigenvalue weighted by Crippen LogP contribution is -2.00. The van der Waals surface area contributed by atoms with Gasteiger partial charge in [-0.05, 0) is 6.42 Å². The number of hydrogen-bond acceptors (Lipinski definition) is 6. The lowest BCUT2D eigenvalue weighted by molar-refractivity contribution is 0.627. The van der Waals surface area contributed by atoms with E-state index in [4.69, 9.17) is 5.73 Å². The fourth-order valence-electron chi connectivity index (χ4n) is 1.30. The van der Waals surface area contributed by atoms with Gasteiger partial charge in [0, 0.05) is 11.9 Å². The summed E-state index contributed by atoms with van der Waals surface area (Å²) in [7, 11) is 0. The molecule has 15 heavy (non-hydrogen) atoms. The predicted octanol–water partition coefficient (Wildman–Crippen LogP) is 1.68. The summed E-state index contributed by atoms with van der Waals surface area (Å²) >= 11 is 5.64. The monoisotopic (exact) mass is 241 g/mol. The maximum absolute atomic E-state index is 5.58. The average Bonchev–Trinajstić information content (AvgIpc) is 2.76. The zero-order valence-corrected chi connectivity index (χ0v) is 9.92. The summed E-state index contributed by atoms with van der Waals surface area (Å²) in [4.78, 5) is 4.18. The minimum Gasteiger partial charge on any atom is -0.375 e. The van der Waals surface area contributed by atoms with Crippen LogP contribution in [0.3, 0.4) is 0 Å². The summed E-state index contributed by atoms with van der Waals surface area (Å²) in [6, 6.07) is 0. The van der Waals surface area contributed by atoms with Crippen molar-refractivity contribution in [3.05, 3.63) is 5.38 Å². The predicted molar refractivity (Wildman–Crippen MR) is 63.1 cm³/mol. The van der Waals surface area contributed by atoms with Crippen molar-refractivity contribution in [3.8, 4) is 11.5 Å². The minimum absolute atomic E-state index is 0.539. The second-order valence-electron chi connectivity index (χ2n) is 3.05. The van der Waals surface area contributed by atoms with Gasteiger partial charge in [-0.25, -0.2) is 4.98 Å². The van der Waals surface area contributed by atoms with Crippen LogP contribution in [0.1, 0.15) is 13.3 Å². The molecular formula is C8H11N5S2. The van der Waals surface area contributed by atoms with Crippen LogP contribution >= 0.6 is 24.0 Å². The van der Waals surface area contributed by atoms with Gasteiger partial charge < -0.3 is 10.3 Å². The Kier molecular flexibility index (Phi) is 2.92. The van der Waals surface area contributed by atoms with Gasteiger partial charge in [0.05, 0.1) is 0 Å². The van der Waals surface area contributed by atoms with Crippen LogP contribution in [0, 0.1) is 0 Å². The van der Waals surface area contributed by atoms with Crippen LogP contribution in [0.2, 0.25) is 0 Å². The molecule has 0 unspecified atom stereocenters. The minimum atomic E-state index is 0.539. The van der Waals surface area contributed by atoms with Crippen LogP contribution < -0.4 is 5.73 Å². The first-order chi connectivity index (χ1) is 7.22. The zero-order chi connectivity index (χ0) is 10.8. The molecule has 80 valence electrons. The van der Waals surface area contributed by atoms with Crippen LogP contribution in [0.25, 0.3) is 11.5 Å².